The van der Waals surface area contributed by atoms with Crippen LogP contribution in [-0.2, 0) is 0 Å². The molecule has 128 valence electrons. The zero-order valence-corrected chi connectivity index (χ0v) is 13.3. The first kappa shape index (κ1) is 15.2. The van der Waals surface area contributed by atoms with Crippen molar-refractivity contribution in [1.82, 2.24) is 24.1 Å². The van der Waals surface area contributed by atoms with Crippen LogP contribution in [0.4, 0.5) is 0 Å². The van der Waals surface area contributed by atoms with E-state index >= 15 is 0 Å². The quantitative estimate of drug-likeness (QED) is 0.546. The van der Waals surface area contributed by atoms with Crippen LogP contribution in [0, 0.1) is 0 Å². The zero-order chi connectivity index (χ0) is 17.4. The third kappa shape index (κ3) is 2.50. The molecule has 0 aliphatic carbocycles. The number of ether oxygens (including phenoxy) is 1. The van der Waals surface area contributed by atoms with Gasteiger partial charge < -0.3 is 19.7 Å². The second kappa shape index (κ2) is 5.95. The second-order valence-corrected chi connectivity index (χ2v) is 5.31. The Morgan fingerprint density at radius 3 is 2.80 bits per heavy atom. The van der Waals surface area contributed by atoms with Crippen LogP contribution < -0.4 is 15.1 Å². The van der Waals surface area contributed by atoms with E-state index in [1.807, 2.05) is 24.3 Å². The number of rotatable bonds is 5. The maximum absolute atomic E-state index is 12.6. The maximum atomic E-state index is 12.6. The summed E-state index contributed by atoms with van der Waals surface area (Å²) in [5, 5.41) is 8.87. The van der Waals surface area contributed by atoms with Crippen molar-refractivity contribution in [3.63, 3.8) is 0 Å². The van der Waals surface area contributed by atoms with Crippen molar-refractivity contribution in [2.45, 2.75) is 0 Å². The Hall–Kier alpha value is -3.33. The number of benzene rings is 1. The molecule has 0 saturated carbocycles. The summed E-state index contributed by atoms with van der Waals surface area (Å²) in [6.07, 6.45) is 3.04. The van der Waals surface area contributed by atoms with Gasteiger partial charge in [-0.2, -0.15) is 9.71 Å². The number of aromatic nitrogens is 5. The number of hydrogen-bond acceptors (Lipinski definition) is 6. The van der Waals surface area contributed by atoms with Crippen LogP contribution >= 0.6 is 0 Å². The fraction of sp³-hybridized carbons (Fsp3) is 0.188. The molecule has 0 atom stereocenters. The Kier molecular flexibility index (Phi) is 3.62. The topological polar surface area (TPSA) is 107 Å². The number of fused-ring (bicyclic) bond motifs is 2. The van der Waals surface area contributed by atoms with E-state index in [9.17, 15) is 4.79 Å². The van der Waals surface area contributed by atoms with Gasteiger partial charge in [0, 0.05) is 6.20 Å². The third-order valence-corrected chi connectivity index (χ3v) is 3.80. The van der Waals surface area contributed by atoms with Crippen LogP contribution in [-0.4, -0.2) is 49.5 Å². The molecule has 1 aromatic carbocycles. The Bertz CT molecular complexity index is 1090. The average Bonchev–Trinajstić information content (AvgIpc) is 3.25. The van der Waals surface area contributed by atoms with Gasteiger partial charge in [-0.1, -0.05) is 0 Å². The summed E-state index contributed by atoms with van der Waals surface area (Å²) < 4.78 is 7.84. The van der Waals surface area contributed by atoms with Crippen LogP contribution in [0.15, 0.2) is 41.6 Å². The predicted octanol–water partition coefficient (Wildman–Crippen LogP) is 0.469. The lowest BCUT2D eigenvalue weighted by Crippen LogP contribution is -2.17. The highest BCUT2D eigenvalue weighted by molar-refractivity contribution is 5.72. The van der Waals surface area contributed by atoms with Crippen LogP contribution in [0.2, 0.25) is 0 Å². The number of aromatic amines is 1. The van der Waals surface area contributed by atoms with E-state index in [-0.39, 0.29) is 24.3 Å². The number of H-pyrrole nitrogens is 1. The lowest BCUT2D eigenvalue weighted by Gasteiger charge is -2.03. The Balaban J connectivity index is 1.84. The predicted molar refractivity (Wildman–Crippen MR) is 89.6 cm³/mol. The summed E-state index contributed by atoms with van der Waals surface area (Å²) in [6, 6.07) is 7.45. The number of nitrogens with one attached hydrogen (secondary N) is 1. The van der Waals surface area contributed by atoms with E-state index in [2.05, 4.69) is 15.0 Å². The number of aliphatic hydroxyl groups excluding tert-OH is 1. The molecular formula is C16H15N5O4. The third-order valence-electron chi connectivity index (χ3n) is 3.80. The minimum atomic E-state index is -0.303. The van der Waals surface area contributed by atoms with Gasteiger partial charge in [-0.25, -0.2) is 9.38 Å². The standard InChI is InChI=1S/C16H15N5O4/c1-24-11-4-2-10(3-5-11)12-8-20-15(23)13-14(19-16(20)18-12)21(9-17-13)25-7-6-22/h2-5,8-9,22H,6-7H2,1H3,(H,18,19). The Labute approximate surface area is 141 Å². The molecule has 0 aliphatic heterocycles. The number of imidazole rings is 2. The molecule has 0 spiro atoms. The molecule has 9 heteroatoms. The number of methoxy groups -OCH3 is 1. The van der Waals surface area contributed by atoms with Crippen molar-refractivity contribution in [1.29, 1.82) is 0 Å². The Morgan fingerprint density at radius 1 is 1.28 bits per heavy atom. The molecule has 9 nitrogen and oxygen atoms in total. The van der Waals surface area contributed by atoms with E-state index in [0.29, 0.717) is 11.4 Å². The van der Waals surface area contributed by atoms with Crippen LogP contribution in [0.1, 0.15) is 0 Å². The van der Waals surface area contributed by atoms with Gasteiger partial charge in [0.25, 0.3) is 5.56 Å². The van der Waals surface area contributed by atoms with E-state index in [0.717, 1.165) is 17.0 Å². The molecule has 0 saturated heterocycles. The number of aliphatic hydroxyl groups is 1. The molecule has 0 radical (unpaired) electrons. The molecular weight excluding hydrogens is 326 g/mol. The molecule has 0 bridgehead atoms. The summed E-state index contributed by atoms with van der Waals surface area (Å²) in [7, 11) is 1.61. The van der Waals surface area contributed by atoms with Crippen LogP contribution in [0.25, 0.3) is 28.2 Å². The fourth-order valence-electron chi connectivity index (χ4n) is 2.59. The number of nitrogens with zero attached hydrogens (tertiary/aromatic N) is 4. The largest absolute Gasteiger partial charge is 0.497 e. The summed E-state index contributed by atoms with van der Waals surface area (Å²) >= 11 is 0. The van der Waals surface area contributed by atoms with E-state index in [1.165, 1.54) is 15.5 Å². The normalized spacial score (nSPS) is 11.3. The monoisotopic (exact) mass is 341 g/mol. The van der Waals surface area contributed by atoms with Crippen LogP contribution in [0.5, 0.6) is 5.75 Å². The molecule has 0 aliphatic rings. The Morgan fingerprint density at radius 2 is 2.08 bits per heavy atom. The van der Waals surface area contributed by atoms with Gasteiger partial charge in [-0.3, -0.25) is 4.79 Å². The van der Waals surface area contributed by atoms with Gasteiger partial charge >= 0.3 is 0 Å². The van der Waals surface area contributed by atoms with E-state index in [4.69, 9.17) is 14.7 Å². The summed E-state index contributed by atoms with van der Waals surface area (Å²) in [4.78, 5) is 29.5. The lowest BCUT2D eigenvalue weighted by atomic mass is 10.2. The zero-order valence-electron chi connectivity index (χ0n) is 13.3. The van der Waals surface area contributed by atoms with Gasteiger partial charge in [0.1, 0.15) is 18.7 Å². The SMILES string of the molecule is COc1ccc(-c2cn3c(=O)c4ncn(OCCO)c4nc3[nH]2)cc1. The highest BCUT2D eigenvalue weighted by atomic mass is 16.7. The highest BCUT2D eigenvalue weighted by Gasteiger charge is 2.14. The van der Waals surface area contributed by atoms with E-state index < -0.39 is 0 Å². The molecule has 0 amide bonds. The molecule has 2 N–H and O–H groups in total. The van der Waals surface area contributed by atoms with Crippen molar-refractivity contribution >= 4 is 16.9 Å². The van der Waals surface area contributed by atoms with Gasteiger partial charge in [-0.15, -0.1) is 0 Å². The van der Waals surface area contributed by atoms with Crippen molar-refractivity contribution in [2.24, 2.45) is 0 Å². The summed E-state index contributed by atoms with van der Waals surface area (Å²) in [5.41, 5.74) is 1.81. The molecule has 4 rings (SSSR count). The van der Waals surface area contributed by atoms with Gasteiger partial charge in [0.15, 0.2) is 5.52 Å². The minimum Gasteiger partial charge on any atom is -0.497 e. The fourth-order valence-corrected chi connectivity index (χ4v) is 2.59. The molecule has 4 aromatic rings. The molecule has 0 unspecified atom stereocenters. The molecule has 3 heterocycles. The van der Waals surface area contributed by atoms with Gasteiger partial charge in [-0.05, 0) is 29.8 Å². The number of hydrogen-bond donors (Lipinski definition) is 2. The maximum Gasteiger partial charge on any atom is 0.287 e. The van der Waals surface area contributed by atoms with Crippen LogP contribution in [0.3, 0.4) is 0 Å². The lowest BCUT2D eigenvalue weighted by molar-refractivity contribution is 0.0813. The van der Waals surface area contributed by atoms with Crippen molar-refractivity contribution < 1.29 is 14.7 Å². The first-order valence-corrected chi connectivity index (χ1v) is 7.58. The van der Waals surface area contributed by atoms with Gasteiger partial charge in [0.05, 0.1) is 19.4 Å². The minimum absolute atomic E-state index is 0.0777. The van der Waals surface area contributed by atoms with E-state index in [1.54, 1.807) is 13.3 Å². The van der Waals surface area contributed by atoms with Crippen molar-refractivity contribution in [3.8, 4) is 17.0 Å². The first-order chi connectivity index (χ1) is 12.2. The summed E-state index contributed by atoms with van der Waals surface area (Å²) in [5.74, 6) is 1.12. The average molecular weight is 341 g/mol. The van der Waals surface area contributed by atoms with Gasteiger partial charge in [0.2, 0.25) is 11.4 Å². The molecule has 0 fully saturated rings. The summed E-state index contributed by atoms with van der Waals surface area (Å²) in [6.45, 7) is -0.0701. The highest BCUT2D eigenvalue weighted by Crippen LogP contribution is 2.21. The van der Waals surface area contributed by atoms with Crippen molar-refractivity contribution in [2.75, 3.05) is 20.3 Å². The first-order valence-electron chi connectivity index (χ1n) is 7.58. The van der Waals surface area contributed by atoms with Crippen molar-refractivity contribution in [3.05, 3.63) is 47.1 Å². The second-order valence-electron chi connectivity index (χ2n) is 5.31. The molecule has 3 aromatic heterocycles. The smallest absolute Gasteiger partial charge is 0.287 e. The molecule has 25 heavy (non-hydrogen) atoms.